The third-order valence-electron chi connectivity index (χ3n) is 3.47. The van der Waals surface area contributed by atoms with Crippen molar-refractivity contribution in [1.82, 2.24) is 4.98 Å². The van der Waals surface area contributed by atoms with E-state index in [0.717, 1.165) is 5.56 Å². The lowest BCUT2D eigenvalue weighted by molar-refractivity contribution is -0.136. The minimum Gasteiger partial charge on any atom is -0.497 e. The van der Waals surface area contributed by atoms with Crippen molar-refractivity contribution in [2.75, 3.05) is 12.4 Å². The van der Waals surface area contributed by atoms with Crippen molar-refractivity contribution in [2.45, 2.75) is 6.42 Å². The molecule has 128 valence electrons. The Morgan fingerprint density at radius 1 is 1.20 bits per heavy atom. The van der Waals surface area contributed by atoms with Crippen LogP contribution < -0.4 is 10.1 Å². The van der Waals surface area contributed by atoms with E-state index in [0.29, 0.717) is 27.1 Å². The smallest absolute Gasteiger partial charge is 0.308 e. The van der Waals surface area contributed by atoms with Crippen molar-refractivity contribution in [3.05, 3.63) is 59.2 Å². The summed E-state index contributed by atoms with van der Waals surface area (Å²) in [7, 11) is 1.58. The van der Waals surface area contributed by atoms with E-state index < -0.39 is 5.97 Å². The molecule has 1 heterocycles. The van der Waals surface area contributed by atoms with E-state index in [1.165, 1.54) is 23.5 Å². The van der Waals surface area contributed by atoms with Crippen LogP contribution in [0.3, 0.4) is 0 Å². The predicted octanol–water partition coefficient (Wildman–Crippen LogP) is 4.33. The second-order valence-electron chi connectivity index (χ2n) is 5.22. The number of methoxy groups -OCH3 is 1. The number of halogens is 1. The number of anilines is 2. The third-order valence-corrected chi connectivity index (χ3v) is 4.44. The van der Waals surface area contributed by atoms with Crippen molar-refractivity contribution in [3.63, 3.8) is 0 Å². The van der Waals surface area contributed by atoms with E-state index in [1.54, 1.807) is 31.4 Å². The van der Waals surface area contributed by atoms with Crippen LogP contribution in [0.4, 0.5) is 15.2 Å². The van der Waals surface area contributed by atoms with E-state index in [1.807, 2.05) is 12.1 Å². The zero-order chi connectivity index (χ0) is 17.8. The molecule has 0 fully saturated rings. The van der Waals surface area contributed by atoms with Crippen molar-refractivity contribution in [2.24, 2.45) is 0 Å². The molecule has 25 heavy (non-hydrogen) atoms. The summed E-state index contributed by atoms with van der Waals surface area (Å²) in [4.78, 5) is 16.3. The average Bonchev–Trinajstić information content (AvgIpc) is 2.98. The molecule has 0 saturated heterocycles. The Labute approximate surface area is 147 Å². The highest BCUT2D eigenvalue weighted by Crippen LogP contribution is 2.34. The maximum atomic E-state index is 13.0. The fourth-order valence-corrected chi connectivity index (χ4v) is 3.29. The monoisotopic (exact) mass is 358 g/mol. The molecule has 0 aliphatic carbocycles. The molecule has 1 aromatic heterocycles. The van der Waals surface area contributed by atoms with Gasteiger partial charge in [0.25, 0.3) is 0 Å². The summed E-state index contributed by atoms with van der Waals surface area (Å²) in [6.07, 6.45) is -0.121. The number of aliphatic carboxylic acids is 1. The van der Waals surface area contributed by atoms with Crippen LogP contribution in [0.5, 0.6) is 5.75 Å². The van der Waals surface area contributed by atoms with Gasteiger partial charge in [-0.15, -0.1) is 11.3 Å². The SMILES string of the molecule is COc1ccc(-c2nc(Nc3ccc(F)cc3)sc2CC(=O)O)cc1. The van der Waals surface area contributed by atoms with Gasteiger partial charge in [0.1, 0.15) is 11.6 Å². The number of ether oxygens (including phenoxy) is 1. The van der Waals surface area contributed by atoms with Crippen LogP contribution in [0.25, 0.3) is 11.3 Å². The third kappa shape index (κ3) is 4.13. The van der Waals surface area contributed by atoms with Gasteiger partial charge in [0.15, 0.2) is 5.13 Å². The average molecular weight is 358 g/mol. The molecule has 0 atom stereocenters. The molecule has 2 aromatic carbocycles. The Balaban J connectivity index is 1.93. The number of hydrogen-bond donors (Lipinski definition) is 2. The summed E-state index contributed by atoms with van der Waals surface area (Å²) in [5, 5.41) is 12.8. The van der Waals surface area contributed by atoms with Gasteiger partial charge in [-0.25, -0.2) is 9.37 Å². The van der Waals surface area contributed by atoms with Gasteiger partial charge in [0.05, 0.1) is 19.2 Å². The number of carboxylic acid groups (broad SMARTS) is 1. The summed E-state index contributed by atoms with van der Waals surface area (Å²) >= 11 is 1.26. The highest BCUT2D eigenvalue weighted by molar-refractivity contribution is 7.16. The van der Waals surface area contributed by atoms with E-state index >= 15 is 0 Å². The first-order chi connectivity index (χ1) is 12.0. The summed E-state index contributed by atoms with van der Waals surface area (Å²) in [5.41, 5.74) is 2.10. The second-order valence-corrected chi connectivity index (χ2v) is 6.31. The van der Waals surface area contributed by atoms with Crippen LogP contribution in [-0.2, 0) is 11.2 Å². The van der Waals surface area contributed by atoms with Gasteiger partial charge < -0.3 is 15.2 Å². The lowest BCUT2D eigenvalue weighted by Gasteiger charge is -2.03. The fraction of sp³-hybridized carbons (Fsp3) is 0.111. The quantitative estimate of drug-likeness (QED) is 0.686. The van der Waals surface area contributed by atoms with Crippen molar-refractivity contribution in [1.29, 1.82) is 0 Å². The Morgan fingerprint density at radius 2 is 1.88 bits per heavy atom. The number of aromatic nitrogens is 1. The van der Waals surface area contributed by atoms with Gasteiger partial charge >= 0.3 is 5.97 Å². The maximum Gasteiger partial charge on any atom is 0.308 e. The minimum atomic E-state index is -0.924. The van der Waals surface area contributed by atoms with E-state index in [-0.39, 0.29) is 12.2 Å². The number of carboxylic acids is 1. The van der Waals surface area contributed by atoms with Crippen molar-refractivity contribution >= 4 is 28.1 Å². The standard InChI is InChI=1S/C18H15FN2O3S/c1-24-14-8-2-11(3-9-14)17-15(10-16(22)23)25-18(21-17)20-13-6-4-12(19)5-7-13/h2-9H,10H2,1H3,(H,20,21)(H,22,23). The Morgan fingerprint density at radius 3 is 2.48 bits per heavy atom. The van der Waals surface area contributed by atoms with Gasteiger partial charge in [-0.2, -0.15) is 0 Å². The van der Waals surface area contributed by atoms with Gasteiger partial charge in [-0.1, -0.05) is 0 Å². The van der Waals surface area contributed by atoms with Crippen LogP contribution in [0.1, 0.15) is 4.88 Å². The van der Waals surface area contributed by atoms with E-state index in [4.69, 9.17) is 9.84 Å². The largest absolute Gasteiger partial charge is 0.497 e. The zero-order valence-corrected chi connectivity index (χ0v) is 14.1. The molecule has 0 radical (unpaired) electrons. The van der Waals surface area contributed by atoms with Crippen molar-refractivity contribution in [3.8, 4) is 17.0 Å². The molecule has 0 unspecified atom stereocenters. The van der Waals surface area contributed by atoms with E-state index in [9.17, 15) is 9.18 Å². The first kappa shape index (κ1) is 16.9. The molecule has 2 N–H and O–H groups in total. The lowest BCUT2D eigenvalue weighted by Crippen LogP contribution is -1.99. The predicted molar refractivity (Wildman–Crippen MR) is 95.1 cm³/mol. The van der Waals surface area contributed by atoms with Crippen LogP contribution in [0.15, 0.2) is 48.5 Å². The van der Waals surface area contributed by atoms with Gasteiger partial charge in [-0.3, -0.25) is 4.79 Å². The van der Waals surface area contributed by atoms with Gasteiger partial charge in [0, 0.05) is 16.1 Å². The molecule has 3 aromatic rings. The number of thiazole rings is 1. The summed E-state index contributed by atoms with van der Waals surface area (Å²) < 4.78 is 18.1. The molecular formula is C18H15FN2O3S. The van der Waals surface area contributed by atoms with Crippen LogP contribution in [0.2, 0.25) is 0 Å². The molecular weight excluding hydrogens is 343 g/mol. The van der Waals surface area contributed by atoms with Crippen molar-refractivity contribution < 1.29 is 19.0 Å². The van der Waals surface area contributed by atoms with Crippen LogP contribution in [-0.4, -0.2) is 23.2 Å². The molecule has 0 aliphatic heterocycles. The van der Waals surface area contributed by atoms with Crippen LogP contribution in [0, 0.1) is 5.82 Å². The molecule has 0 amide bonds. The zero-order valence-electron chi connectivity index (χ0n) is 13.3. The molecule has 0 saturated carbocycles. The molecule has 0 bridgehead atoms. The first-order valence-electron chi connectivity index (χ1n) is 7.43. The Bertz CT molecular complexity index is 876. The number of hydrogen-bond acceptors (Lipinski definition) is 5. The molecule has 0 aliphatic rings. The minimum absolute atomic E-state index is 0.121. The number of nitrogens with zero attached hydrogens (tertiary/aromatic N) is 1. The number of carbonyl (C=O) groups is 1. The summed E-state index contributed by atoms with van der Waals surface area (Å²) in [5.74, 6) is -0.537. The summed E-state index contributed by atoms with van der Waals surface area (Å²) in [6, 6.07) is 13.2. The first-order valence-corrected chi connectivity index (χ1v) is 8.25. The van der Waals surface area contributed by atoms with Crippen LogP contribution >= 0.6 is 11.3 Å². The molecule has 0 spiro atoms. The number of rotatable bonds is 6. The number of nitrogens with one attached hydrogen (secondary N) is 1. The molecule has 7 heteroatoms. The molecule has 3 rings (SSSR count). The highest BCUT2D eigenvalue weighted by atomic mass is 32.1. The molecule has 5 nitrogen and oxygen atoms in total. The van der Waals surface area contributed by atoms with E-state index in [2.05, 4.69) is 10.3 Å². The maximum absolute atomic E-state index is 13.0. The normalized spacial score (nSPS) is 10.5. The summed E-state index contributed by atoms with van der Waals surface area (Å²) in [6.45, 7) is 0. The second kappa shape index (κ2) is 7.31. The van der Waals surface area contributed by atoms with Gasteiger partial charge in [-0.05, 0) is 48.5 Å². The lowest BCUT2D eigenvalue weighted by atomic mass is 10.1. The Hall–Kier alpha value is -2.93. The fourth-order valence-electron chi connectivity index (χ4n) is 2.29. The topological polar surface area (TPSA) is 71.5 Å². The number of benzene rings is 2. The van der Waals surface area contributed by atoms with Gasteiger partial charge in [0.2, 0.25) is 0 Å². The highest BCUT2D eigenvalue weighted by Gasteiger charge is 2.16. The Kier molecular flexibility index (Phi) is 4.95.